The molecule has 0 aliphatic heterocycles. The summed E-state index contributed by atoms with van der Waals surface area (Å²) in [6.07, 6.45) is 5.75. The fourth-order valence-corrected chi connectivity index (χ4v) is 5.44. The lowest BCUT2D eigenvalue weighted by Crippen LogP contribution is -2.53. The lowest BCUT2D eigenvalue weighted by molar-refractivity contribution is -0.139. The molecule has 3 rings (SSSR count). The van der Waals surface area contributed by atoms with Crippen molar-refractivity contribution < 1.29 is 18.0 Å². The van der Waals surface area contributed by atoms with Crippen LogP contribution in [-0.2, 0) is 26.0 Å². The van der Waals surface area contributed by atoms with Gasteiger partial charge in [-0.05, 0) is 62.8 Å². The number of carbonyl (C=O) groups excluding carboxylic acids is 2. The van der Waals surface area contributed by atoms with Crippen molar-refractivity contribution in [2.24, 2.45) is 0 Å². The largest absolute Gasteiger partial charge is 0.352 e. The van der Waals surface area contributed by atoms with Gasteiger partial charge in [0, 0.05) is 12.6 Å². The van der Waals surface area contributed by atoms with E-state index in [1.165, 1.54) is 4.90 Å². The molecule has 0 saturated heterocycles. The summed E-state index contributed by atoms with van der Waals surface area (Å²) in [6.45, 7) is 5.37. The molecule has 7 nitrogen and oxygen atoms in total. The monoisotopic (exact) mass is 499 g/mol. The quantitative estimate of drug-likeness (QED) is 0.541. The molecular formula is C27H37N3O4S. The van der Waals surface area contributed by atoms with Gasteiger partial charge in [0.2, 0.25) is 21.8 Å². The average molecular weight is 500 g/mol. The highest BCUT2D eigenvalue weighted by molar-refractivity contribution is 7.92. The summed E-state index contributed by atoms with van der Waals surface area (Å²) in [7, 11) is -3.73. The molecule has 1 atom stereocenters. The van der Waals surface area contributed by atoms with Crippen LogP contribution >= 0.6 is 0 Å². The van der Waals surface area contributed by atoms with Gasteiger partial charge >= 0.3 is 0 Å². The molecule has 0 spiro atoms. The molecule has 1 N–H and O–H groups in total. The van der Waals surface area contributed by atoms with Crippen LogP contribution in [0.4, 0.5) is 5.69 Å². The highest BCUT2D eigenvalue weighted by atomic mass is 32.2. The Morgan fingerprint density at radius 2 is 1.71 bits per heavy atom. The molecule has 190 valence electrons. The summed E-state index contributed by atoms with van der Waals surface area (Å²) in [6, 6.07) is 14.7. The van der Waals surface area contributed by atoms with Crippen molar-refractivity contribution in [2.75, 3.05) is 23.7 Å². The van der Waals surface area contributed by atoms with Gasteiger partial charge in [-0.1, -0.05) is 55.3 Å². The van der Waals surface area contributed by atoms with Crippen LogP contribution in [0.25, 0.3) is 0 Å². The molecule has 1 aliphatic carbocycles. The number of rotatable bonds is 10. The van der Waals surface area contributed by atoms with Crippen molar-refractivity contribution in [3.8, 4) is 0 Å². The molecule has 8 heteroatoms. The van der Waals surface area contributed by atoms with Crippen molar-refractivity contribution in [1.82, 2.24) is 10.2 Å². The van der Waals surface area contributed by atoms with Crippen LogP contribution in [0.1, 0.15) is 49.3 Å². The molecule has 2 amide bonds. The number of amides is 2. The smallest absolute Gasteiger partial charge is 0.244 e. The predicted molar refractivity (Wildman–Crippen MR) is 140 cm³/mol. The molecule has 1 fully saturated rings. The Morgan fingerprint density at radius 3 is 2.34 bits per heavy atom. The van der Waals surface area contributed by atoms with Crippen LogP contribution in [-0.4, -0.2) is 56.6 Å². The zero-order valence-corrected chi connectivity index (χ0v) is 22.0. The number of sulfonamides is 1. The number of aryl methyl sites for hydroxylation is 2. The molecule has 0 heterocycles. The molecule has 0 unspecified atom stereocenters. The van der Waals surface area contributed by atoms with Gasteiger partial charge in [0.05, 0.1) is 11.9 Å². The highest BCUT2D eigenvalue weighted by Gasteiger charge is 2.31. The van der Waals surface area contributed by atoms with Crippen LogP contribution in [0.2, 0.25) is 0 Å². The molecule has 0 bridgehead atoms. The van der Waals surface area contributed by atoms with E-state index in [-0.39, 0.29) is 18.5 Å². The molecule has 0 radical (unpaired) electrons. The maximum absolute atomic E-state index is 13.6. The van der Waals surface area contributed by atoms with E-state index in [1.54, 1.807) is 13.0 Å². The molecule has 2 aromatic rings. The normalized spacial score (nSPS) is 15.0. The second-order valence-corrected chi connectivity index (χ2v) is 11.5. The van der Waals surface area contributed by atoms with Crippen molar-refractivity contribution in [3.63, 3.8) is 0 Å². The number of carbonyl (C=O) groups is 2. The summed E-state index contributed by atoms with van der Waals surface area (Å²) in [5.41, 5.74) is 3.18. The number of anilines is 1. The van der Waals surface area contributed by atoms with Crippen LogP contribution in [0.5, 0.6) is 0 Å². The van der Waals surface area contributed by atoms with Gasteiger partial charge in [0.25, 0.3) is 0 Å². The summed E-state index contributed by atoms with van der Waals surface area (Å²) in [5, 5.41) is 3.08. The molecule has 1 saturated carbocycles. The number of hydrogen-bond donors (Lipinski definition) is 1. The van der Waals surface area contributed by atoms with E-state index in [1.807, 2.05) is 56.3 Å². The van der Waals surface area contributed by atoms with Crippen LogP contribution in [0, 0.1) is 13.8 Å². The van der Waals surface area contributed by atoms with E-state index in [0.29, 0.717) is 18.7 Å². The Hall–Kier alpha value is -2.87. The van der Waals surface area contributed by atoms with Crippen LogP contribution in [0.3, 0.4) is 0 Å². The summed E-state index contributed by atoms with van der Waals surface area (Å²) < 4.78 is 26.6. The first-order valence-electron chi connectivity index (χ1n) is 12.2. The van der Waals surface area contributed by atoms with E-state index < -0.39 is 22.0 Å². The van der Waals surface area contributed by atoms with Gasteiger partial charge in [-0.15, -0.1) is 0 Å². The lowest BCUT2D eigenvalue weighted by Gasteiger charge is -2.32. The fourth-order valence-electron chi connectivity index (χ4n) is 4.54. The Balaban J connectivity index is 1.85. The van der Waals surface area contributed by atoms with E-state index in [0.717, 1.165) is 52.9 Å². The Labute approximate surface area is 209 Å². The van der Waals surface area contributed by atoms with Crippen molar-refractivity contribution in [2.45, 2.75) is 65.0 Å². The van der Waals surface area contributed by atoms with Gasteiger partial charge in [0.1, 0.15) is 12.6 Å². The highest BCUT2D eigenvalue weighted by Crippen LogP contribution is 2.24. The predicted octanol–water partition coefficient (Wildman–Crippen LogP) is 3.59. The van der Waals surface area contributed by atoms with Gasteiger partial charge < -0.3 is 10.2 Å². The van der Waals surface area contributed by atoms with Gasteiger partial charge in [-0.2, -0.15) is 0 Å². The lowest BCUT2D eigenvalue weighted by atomic mass is 10.1. The minimum atomic E-state index is -3.73. The zero-order valence-electron chi connectivity index (χ0n) is 21.2. The topological polar surface area (TPSA) is 86.8 Å². The first-order chi connectivity index (χ1) is 16.6. The van der Waals surface area contributed by atoms with Gasteiger partial charge in [0.15, 0.2) is 0 Å². The first-order valence-corrected chi connectivity index (χ1v) is 14.1. The molecule has 0 aromatic heterocycles. The molecule has 35 heavy (non-hydrogen) atoms. The first kappa shape index (κ1) is 26.7. The van der Waals surface area contributed by atoms with E-state index in [4.69, 9.17) is 0 Å². The summed E-state index contributed by atoms with van der Waals surface area (Å²) in [4.78, 5) is 28.2. The SMILES string of the molecule is Cc1ccc(C)c(N(CC(=O)N(CCc2ccccc2)[C@@H](C)C(=O)NC2CCCC2)S(C)(=O)=O)c1. The summed E-state index contributed by atoms with van der Waals surface area (Å²) >= 11 is 0. The Morgan fingerprint density at radius 1 is 1.06 bits per heavy atom. The second kappa shape index (κ2) is 11.7. The molecule has 1 aliphatic rings. The fraction of sp³-hybridized carbons (Fsp3) is 0.481. The third-order valence-electron chi connectivity index (χ3n) is 6.67. The summed E-state index contributed by atoms with van der Waals surface area (Å²) in [5.74, 6) is -0.600. The van der Waals surface area contributed by atoms with E-state index >= 15 is 0 Å². The van der Waals surface area contributed by atoms with Crippen molar-refractivity contribution in [3.05, 3.63) is 65.2 Å². The van der Waals surface area contributed by atoms with Crippen molar-refractivity contribution in [1.29, 1.82) is 0 Å². The average Bonchev–Trinajstić information content (AvgIpc) is 3.32. The molecular weight excluding hydrogens is 462 g/mol. The number of nitrogens with zero attached hydrogens (tertiary/aromatic N) is 2. The van der Waals surface area contributed by atoms with Gasteiger partial charge in [-0.3, -0.25) is 13.9 Å². The zero-order chi connectivity index (χ0) is 25.6. The maximum atomic E-state index is 13.6. The number of benzene rings is 2. The standard InChI is InChI=1S/C27H37N3O4S/c1-20-14-15-21(2)25(18-20)30(35(4,33)34)19-26(31)29(17-16-23-10-6-5-7-11-23)22(3)27(32)28-24-12-8-9-13-24/h5-7,10-11,14-15,18,22,24H,8-9,12-13,16-17,19H2,1-4H3,(H,28,32)/t22-/m0/s1. The third-order valence-corrected chi connectivity index (χ3v) is 7.79. The second-order valence-electron chi connectivity index (χ2n) is 9.55. The minimum Gasteiger partial charge on any atom is -0.352 e. The van der Waals surface area contributed by atoms with Crippen LogP contribution in [0.15, 0.2) is 48.5 Å². The number of hydrogen-bond acceptors (Lipinski definition) is 4. The Bertz CT molecular complexity index is 1130. The van der Waals surface area contributed by atoms with Crippen LogP contribution < -0.4 is 9.62 Å². The van der Waals surface area contributed by atoms with Crippen molar-refractivity contribution >= 4 is 27.5 Å². The minimum absolute atomic E-state index is 0.137. The van der Waals surface area contributed by atoms with E-state index in [2.05, 4.69) is 5.32 Å². The Kier molecular flexibility index (Phi) is 8.94. The maximum Gasteiger partial charge on any atom is 0.244 e. The molecule has 2 aromatic carbocycles. The third kappa shape index (κ3) is 7.31. The number of nitrogens with one attached hydrogen (secondary N) is 1. The van der Waals surface area contributed by atoms with E-state index in [9.17, 15) is 18.0 Å². The van der Waals surface area contributed by atoms with Gasteiger partial charge in [-0.25, -0.2) is 8.42 Å².